The van der Waals surface area contributed by atoms with Crippen molar-refractivity contribution >= 4 is 0 Å². The van der Waals surface area contributed by atoms with E-state index in [-0.39, 0.29) is 11.2 Å². The molecule has 0 bridgehead atoms. The van der Waals surface area contributed by atoms with E-state index in [2.05, 4.69) is 33.0 Å². The molecule has 1 aliphatic rings. The highest BCUT2D eigenvalue weighted by Crippen LogP contribution is 2.43. The van der Waals surface area contributed by atoms with Gasteiger partial charge in [0.1, 0.15) is 0 Å². The molecular weight excluding hydrogens is 230 g/mol. The Morgan fingerprint density at radius 1 is 1.28 bits per heavy atom. The summed E-state index contributed by atoms with van der Waals surface area (Å²) in [5.41, 5.74) is -0.155. The summed E-state index contributed by atoms with van der Waals surface area (Å²) in [5.74, 6) is 0.458. The predicted molar refractivity (Wildman–Crippen MR) is 72.9 cm³/mol. The second-order valence-corrected chi connectivity index (χ2v) is 6.24. The molecule has 0 spiro atoms. The Morgan fingerprint density at radius 3 is 2.39 bits per heavy atom. The first kappa shape index (κ1) is 15.9. The zero-order valence-corrected chi connectivity index (χ0v) is 12.7. The van der Waals surface area contributed by atoms with Crippen LogP contribution in [0.2, 0.25) is 0 Å². The van der Waals surface area contributed by atoms with Gasteiger partial charge in [-0.1, -0.05) is 0 Å². The quantitative estimate of drug-likeness (QED) is 0.708. The molecule has 1 rings (SSSR count). The fourth-order valence-electron chi connectivity index (χ4n) is 2.98. The van der Waals surface area contributed by atoms with Crippen molar-refractivity contribution in [1.29, 1.82) is 0 Å². The van der Waals surface area contributed by atoms with Gasteiger partial charge in [-0.05, 0) is 41.2 Å². The summed E-state index contributed by atoms with van der Waals surface area (Å²) in [6.07, 6.45) is 1.05. The SMILES string of the molecule is CNC(COCCOC)C1CC(C)(C)OC1(C)C. The Morgan fingerprint density at radius 2 is 1.94 bits per heavy atom. The Hall–Kier alpha value is -0.160. The summed E-state index contributed by atoms with van der Waals surface area (Å²) in [4.78, 5) is 0. The van der Waals surface area contributed by atoms with E-state index in [0.717, 1.165) is 6.42 Å². The molecule has 0 aliphatic carbocycles. The Balaban J connectivity index is 2.54. The van der Waals surface area contributed by atoms with Crippen molar-refractivity contribution in [2.24, 2.45) is 5.92 Å². The summed E-state index contributed by atoms with van der Waals surface area (Å²) >= 11 is 0. The molecule has 0 aromatic heterocycles. The highest BCUT2D eigenvalue weighted by Gasteiger charge is 2.48. The van der Waals surface area contributed by atoms with Gasteiger partial charge < -0.3 is 19.5 Å². The first-order chi connectivity index (χ1) is 8.32. The van der Waals surface area contributed by atoms with Crippen LogP contribution in [0.25, 0.3) is 0 Å². The van der Waals surface area contributed by atoms with E-state index in [4.69, 9.17) is 14.2 Å². The van der Waals surface area contributed by atoms with Crippen LogP contribution in [0.3, 0.4) is 0 Å². The number of methoxy groups -OCH3 is 1. The van der Waals surface area contributed by atoms with E-state index in [1.54, 1.807) is 7.11 Å². The zero-order chi connectivity index (χ0) is 13.8. The van der Waals surface area contributed by atoms with Crippen molar-refractivity contribution in [3.8, 4) is 0 Å². The highest BCUT2D eigenvalue weighted by atomic mass is 16.5. The molecule has 0 amide bonds. The Bertz CT molecular complexity index is 253. The zero-order valence-electron chi connectivity index (χ0n) is 12.7. The lowest BCUT2D eigenvalue weighted by Gasteiger charge is -2.32. The van der Waals surface area contributed by atoms with Crippen molar-refractivity contribution in [2.75, 3.05) is 34.0 Å². The minimum Gasteiger partial charge on any atom is -0.382 e. The van der Waals surface area contributed by atoms with E-state index in [1.807, 2.05) is 7.05 Å². The van der Waals surface area contributed by atoms with Crippen LogP contribution in [0.4, 0.5) is 0 Å². The van der Waals surface area contributed by atoms with Crippen LogP contribution in [0.5, 0.6) is 0 Å². The third-order valence-corrected chi connectivity index (χ3v) is 3.73. The molecule has 4 nitrogen and oxygen atoms in total. The monoisotopic (exact) mass is 259 g/mol. The molecule has 0 radical (unpaired) electrons. The van der Waals surface area contributed by atoms with Crippen molar-refractivity contribution in [1.82, 2.24) is 5.32 Å². The van der Waals surface area contributed by atoms with Crippen molar-refractivity contribution in [3.05, 3.63) is 0 Å². The summed E-state index contributed by atoms with van der Waals surface area (Å²) < 4.78 is 16.8. The molecule has 1 heterocycles. The molecule has 1 N–H and O–H groups in total. The number of ether oxygens (including phenoxy) is 3. The van der Waals surface area contributed by atoms with E-state index in [9.17, 15) is 0 Å². The number of rotatable bonds is 7. The van der Waals surface area contributed by atoms with E-state index < -0.39 is 0 Å². The summed E-state index contributed by atoms with van der Waals surface area (Å²) in [5, 5.41) is 3.37. The van der Waals surface area contributed by atoms with E-state index in [0.29, 0.717) is 31.8 Å². The maximum atomic E-state index is 6.14. The van der Waals surface area contributed by atoms with Crippen LogP contribution in [0.1, 0.15) is 34.1 Å². The fraction of sp³-hybridized carbons (Fsp3) is 1.00. The molecule has 1 fully saturated rings. The Kier molecular flexibility index (Phi) is 5.59. The topological polar surface area (TPSA) is 39.7 Å². The van der Waals surface area contributed by atoms with Gasteiger partial charge in [-0.2, -0.15) is 0 Å². The van der Waals surface area contributed by atoms with E-state index in [1.165, 1.54) is 0 Å². The van der Waals surface area contributed by atoms with Gasteiger partial charge in [-0.25, -0.2) is 0 Å². The maximum Gasteiger partial charge on any atom is 0.0701 e. The molecule has 0 saturated carbocycles. The standard InChI is InChI=1S/C14H29NO3/c1-13(2)9-11(14(3,4)18-13)12(15-5)10-17-8-7-16-6/h11-12,15H,7-10H2,1-6H3. The van der Waals surface area contributed by atoms with Crippen LogP contribution in [0, 0.1) is 5.92 Å². The molecule has 1 aliphatic heterocycles. The van der Waals surface area contributed by atoms with Crippen LogP contribution in [0.15, 0.2) is 0 Å². The van der Waals surface area contributed by atoms with Gasteiger partial charge in [0.25, 0.3) is 0 Å². The minimum atomic E-state index is -0.109. The van der Waals surface area contributed by atoms with Crippen LogP contribution in [-0.2, 0) is 14.2 Å². The van der Waals surface area contributed by atoms with Crippen molar-refractivity contribution < 1.29 is 14.2 Å². The van der Waals surface area contributed by atoms with Gasteiger partial charge in [0.2, 0.25) is 0 Å². The number of hydrogen-bond acceptors (Lipinski definition) is 4. The lowest BCUT2D eigenvalue weighted by Crippen LogP contribution is -2.45. The van der Waals surface area contributed by atoms with Gasteiger partial charge in [-0.15, -0.1) is 0 Å². The fourth-order valence-corrected chi connectivity index (χ4v) is 2.98. The summed E-state index contributed by atoms with van der Waals surface area (Å²) in [6, 6.07) is 0.318. The smallest absolute Gasteiger partial charge is 0.0701 e. The molecule has 18 heavy (non-hydrogen) atoms. The lowest BCUT2D eigenvalue weighted by molar-refractivity contribution is -0.0805. The summed E-state index contributed by atoms with van der Waals surface area (Å²) in [7, 11) is 3.68. The molecule has 4 heteroatoms. The molecule has 0 aromatic rings. The number of likely N-dealkylation sites (N-methyl/N-ethyl adjacent to an activating group) is 1. The second kappa shape index (κ2) is 6.33. The van der Waals surface area contributed by atoms with Crippen LogP contribution < -0.4 is 5.32 Å². The third kappa shape index (κ3) is 4.19. The third-order valence-electron chi connectivity index (χ3n) is 3.73. The van der Waals surface area contributed by atoms with Gasteiger partial charge in [-0.3, -0.25) is 0 Å². The lowest BCUT2D eigenvalue weighted by atomic mass is 9.82. The van der Waals surface area contributed by atoms with Gasteiger partial charge >= 0.3 is 0 Å². The van der Waals surface area contributed by atoms with Crippen molar-refractivity contribution in [2.45, 2.75) is 51.4 Å². The first-order valence-corrected chi connectivity index (χ1v) is 6.76. The molecule has 1 saturated heterocycles. The van der Waals surface area contributed by atoms with Gasteiger partial charge in [0.05, 0.1) is 31.0 Å². The second-order valence-electron chi connectivity index (χ2n) is 6.24. The van der Waals surface area contributed by atoms with Gasteiger partial charge in [0.15, 0.2) is 0 Å². The highest BCUT2D eigenvalue weighted by molar-refractivity contribution is 4.99. The van der Waals surface area contributed by atoms with Crippen LogP contribution in [-0.4, -0.2) is 51.2 Å². The number of hydrogen-bond donors (Lipinski definition) is 1. The largest absolute Gasteiger partial charge is 0.382 e. The maximum absolute atomic E-state index is 6.14. The molecule has 2 atom stereocenters. The molecule has 2 unspecified atom stereocenters. The van der Waals surface area contributed by atoms with Crippen LogP contribution >= 0.6 is 0 Å². The van der Waals surface area contributed by atoms with E-state index >= 15 is 0 Å². The Labute approximate surface area is 111 Å². The van der Waals surface area contributed by atoms with Crippen molar-refractivity contribution in [3.63, 3.8) is 0 Å². The molecular formula is C14H29NO3. The predicted octanol–water partition coefficient (Wildman–Crippen LogP) is 1.83. The normalized spacial score (nSPS) is 27.3. The molecule has 108 valence electrons. The molecule has 0 aromatic carbocycles. The van der Waals surface area contributed by atoms with Gasteiger partial charge in [0, 0.05) is 19.1 Å². The minimum absolute atomic E-state index is 0.0458. The average molecular weight is 259 g/mol. The average Bonchev–Trinajstić information content (AvgIpc) is 2.47. The first-order valence-electron chi connectivity index (χ1n) is 6.76. The summed E-state index contributed by atoms with van der Waals surface area (Å²) in [6.45, 7) is 10.7. The number of nitrogens with one attached hydrogen (secondary N) is 1.